The maximum absolute atomic E-state index is 12.5. The van der Waals surface area contributed by atoms with Crippen molar-refractivity contribution in [3.05, 3.63) is 24.3 Å². The summed E-state index contributed by atoms with van der Waals surface area (Å²) in [7, 11) is 0. The van der Waals surface area contributed by atoms with Crippen molar-refractivity contribution in [2.24, 2.45) is 5.92 Å². The van der Waals surface area contributed by atoms with Gasteiger partial charge in [-0.15, -0.1) is 0 Å². The molecule has 0 spiro atoms. The number of carbonyl (C=O) groups excluding carboxylic acids is 3. The number of hydrogen-bond donors (Lipinski definition) is 2. The normalized spacial score (nSPS) is 17.4. The largest absolute Gasteiger partial charge is 0.444 e. The first-order chi connectivity index (χ1) is 12.1. The predicted octanol–water partition coefficient (Wildman–Crippen LogP) is 3.23. The van der Waals surface area contributed by atoms with Gasteiger partial charge < -0.3 is 20.3 Å². The van der Waals surface area contributed by atoms with E-state index in [4.69, 9.17) is 4.74 Å². The predicted molar refractivity (Wildman–Crippen MR) is 99.9 cm³/mol. The van der Waals surface area contributed by atoms with Crippen molar-refractivity contribution >= 4 is 29.3 Å². The molecule has 0 radical (unpaired) electrons. The number of benzene rings is 1. The molecule has 7 nitrogen and oxygen atoms in total. The number of likely N-dealkylation sites (tertiary alicyclic amines) is 1. The molecule has 1 heterocycles. The van der Waals surface area contributed by atoms with Crippen LogP contribution in [0.25, 0.3) is 0 Å². The number of amides is 3. The Kier molecular flexibility index (Phi) is 6.23. The van der Waals surface area contributed by atoms with Gasteiger partial charge in [-0.2, -0.15) is 0 Å². The Morgan fingerprint density at radius 2 is 1.65 bits per heavy atom. The van der Waals surface area contributed by atoms with Crippen LogP contribution in [0.5, 0.6) is 0 Å². The lowest BCUT2D eigenvalue weighted by atomic mass is 9.97. The van der Waals surface area contributed by atoms with Crippen molar-refractivity contribution in [3.8, 4) is 0 Å². The molecule has 1 aromatic rings. The van der Waals surface area contributed by atoms with E-state index in [2.05, 4.69) is 10.6 Å². The molecule has 0 saturated carbocycles. The second-order valence-corrected chi connectivity index (χ2v) is 7.51. The zero-order chi connectivity index (χ0) is 19.3. The third-order valence-corrected chi connectivity index (χ3v) is 3.92. The minimum atomic E-state index is -0.554. The number of hydrogen-bond acceptors (Lipinski definition) is 4. The molecule has 26 heavy (non-hydrogen) atoms. The molecule has 142 valence electrons. The fourth-order valence-electron chi connectivity index (χ4n) is 2.77. The van der Waals surface area contributed by atoms with Gasteiger partial charge in [-0.25, -0.2) is 4.79 Å². The first-order valence-electron chi connectivity index (χ1n) is 8.80. The van der Waals surface area contributed by atoms with Crippen molar-refractivity contribution in [3.63, 3.8) is 0 Å². The van der Waals surface area contributed by atoms with E-state index in [9.17, 15) is 14.4 Å². The van der Waals surface area contributed by atoms with Crippen LogP contribution >= 0.6 is 0 Å². The van der Waals surface area contributed by atoms with Gasteiger partial charge in [0.25, 0.3) is 0 Å². The Balaban J connectivity index is 1.92. The number of nitrogens with one attached hydrogen (secondary N) is 2. The molecule has 1 atom stereocenters. The lowest BCUT2D eigenvalue weighted by molar-refractivity contribution is -0.121. The summed E-state index contributed by atoms with van der Waals surface area (Å²) in [4.78, 5) is 37.4. The molecule has 1 saturated heterocycles. The smallest absolute Gasteiger partial charge is 0.410 e. The van der Waals surface area contributed by atoms with Crippen LogP contribution in [0.3, 0.4) is 0 Å². The molecular formula is C19H27N3O4. The minimum absolute atomic E-state index is 0.120. The van der Waals surface area contributed by atoms with Crippen LogP contribution in [-0.2, 0) is 14.3 Å². The summed E-state index contributed by atoms with van der Waals surface area (Å²) in [6, 6.07) is 6.92. The first-order valence-corrected chi connectivity index (χ1v) is 8.80. The number of carbonyl (C=O) groups is 3. The third kappa shape index (κ3) is 6.06. The highest BCUT2D eigenvalue weighted by Gasteiger charge is 2.31. The van der Waals surface area contributed by atoms with Crippen molar-refractivity contribution in [2.75, 3.05) is 23.7 Å². The Morgan fingerprint density at radius 1 is 1.08 bits per heavy atom. The molecule has 0 aromatic heterocycles. The van der Waals surface area contributed by atoms with E-state index >= 15 is 0 Å². The number of piperidine rings is 1. The average Bonchev–Trinajstić information content (AvgIpc) is 2.55. The van der Waals surface area contributed by atoms with Gasteiger partial charge in [0.15, 0.2) is 0 Å². The highest BCUT2D eigenvalue weighted by atomic mass is 16.6. The Bertz CT molecular complexity index is 664. The SMILES string of the molecule is CC(=O)Nc1ccc(NC(=O)C2CCCN(C(=O)OC(C)(C)C)C2)cc1. The maximum atomic E-state index is 12.5. The molecule has 1 unspecified atom stereocenters. The van der Waals surface area contributed by atoms with Crippen LogP contribution < -0.4 is 10.6 Å². The van der Waals surface area contributed by atoms with Gasteiger partial charge in [-0.05, 0) is 57.9 Å². The van der Waals surface area contributed by atoms with Gasteiger partial charge in [-0.1, -0.05) is 0 Å². The van der Waals surface area contributed by atoms with E-state index in [1.54, 1.807) is 29.2 Å². The van der Waals surface area contributed by atoms with Crippen LogP contribution in [0.15, 0.2) is 24.3 Å². The molecule has 3 amide bonds. The van der Waals surface area contributed by atoms with Gasteiger partial charge in [0.1, 0.15) is 5.60 Å². The monoisotopic (exact) mass is 361 g/mol. The van der Waals surface area contributed by atoms with Crippen molar-refractivity contribution in [1.29, 1.82) is 0 Å². The summed E-state index contributed by atoms with van der Waals surface area (Å²) < 4.78 is 5.39. The molecule has 0 bridgehead atoms. The van der Waals surface area contributed by atoms with Crippen molar-refractivity contribution < 1.29 is 19.1 Å². The number of rotatable bonds is 3. The van der Waals surface area contributed by atoms with E-state index in [-0.39, 0.29) is 23.8 Å². The summed E-state index contributed by atoms with van der Waals surface area (Å²) >= 11 is 0. The van der Waals surface area contributed by atoms with Crippen molar-refractivity contribution in [1.82, 2.24) is 4.90 Å². The van der Waals surface area contributed by atoms with Crippen LogP contribution in [0.1, 0.15) is 40.5 Å². The topological polar surface area (TPSA) is 87.7 Å². The number of nitrogens with zero attached hydrogens (tertiary/aromatic N) is 1. The average molecular weight is 361 g/mol. The van der Waals surface area contributed by atoms with Crippen LogP contribution in [-0.4, -0.2) is 41.5 Å². The molecule has 0 aliphatic carbocycles. The fourth-order valence-corrected chi connectivity index (χ4v) is 2.77. The molecule has 1 aliphatic heterocycles. The van der Waals surface area contributed by atoms with E-state index < -0.39 is 5.60 Å². The quantitative estimate of drug-likeness (QED) is 0.865. The fraction of sp³-hybridized carbons (Fsp3) is 0.526. The summed E-state index contributed by atoms with van der Waals surface area (Å²) in [6.45, 7) is 7.86. The second kappa shape index (κ2) is 8.21. The highest BCUT2D eigenvalue weighted by Crippen LogP contribution is 2.21. The van der Waals surface area contributed by atoms with Crippen LogP contribution in [0.2, 0.25) is 0 Å². The second-order valence-electron chi connectivity index (χ2n) is 7.51. The number of anilines is 2. The third-order valence-electron chi connectivity index (χ3n) is 3.92. The molecule has 7 heteroatoms. The Labute approximate surface area is 154 Å². The highest BCUT2D eigenvalue weighted by molar-refractivity contribution is 5.94. The van der Waals surface area contributed by atoms with E-state index in [0.717, 1.165) is 12.8 Å². The van der Waals surface area contributed by atoms with Crippen LogP contribution in [0, 0.1) is 5.92 Å². The van der Waals surface area contributed by atoms with Gasteiger partial charge in [0, 0.05) is 31.4 Å². The lowest BCUT2D eigenvalue weighted by Crippen LogP contribution is -2.45. The van der Waals surface area contributed by atoms with E-state index in [1.165, 1.54) is 6.92 Å². The number of ether oxygens (including phenoxy) is 1. The Hall–Kier alpha value is -2.57. The lowest BCUT2D eigenvalue weighted by Gasteiger charge is -2.33. The molecule has 1 aromatic carbocycles. The summed E-state index contributed by atoms with van der Waals surface area (Å²) in [5.74, 6) is -0.539. The first kappa shape index (κ1) is 19.8. The van der Waals surface area contributed by atoms with Crippen molar-refractivity contribution in [2.45, 2.75) is 46.1 Å². The van der Waals surface area contributed by atoms with Gasteiger partial charge >= 0.3 is 6.09 Å². The van der Waals surface area contributed by atoms with E-state index in [0.29, 0.717) is 24.5 Å². The maximum Gasteiger partial charge on any atom is 0.410 e. The molecule has 1 aliphatic rings. The molecule has 2 rings (SSSR count). The van der Waals surface area contributed by atoms with Crippen LogP contribution in [0.4, 0.5) is 16.2 Å². The summed E-state index contributed by atoms with van der Waals surface area (Å²) in [5, 5.41) is 5.55. The standard InChI is InChI=1S/C19H27N3O4/c1-13(23)20-15-7-9-16(10-8-15)21-17(24)14-6-5-11-22(12-14)18(25)26-19(2,3)4/h7-10,14H,5-6,11-12H2,1-4H3,(H,20,23)(H,21,24). The van der Waals surface area contributed by atoms with E-state index in [1.807, 2.05) is 20.8 Å². The zero-order valence-corrected chi connectivity index (χ0v) is 15.8. The minimum Gasteiger partial charge on any atom is -0.444 e. The Morgan fingerprint density at radius 3 is 2.19 bits per heavy atom. The summed E-state index contributed by atoms with van der Waals surface area (Å²) in [6.07, 6.45) is 1.11. The molecule has 2 N–H and O–H groups in total. The van der Waals surface area contributed by atoms with Gasteiger partial charge in [0.2, 0.25) is 11.8 Å². The summed E-state index contributed by atoms with van der Waals surface area (Å²) in [5.41, 5.74) is 0.768. The van der Waals surface area contributed by atoms with Gasteiger partial charge in [0.05, 0.1) is 5.92 Å². The molecular weight excluding hydrogens is 334 g/mol. The van der Waals surface area contributed by atoms with Gasteiger partial charge in [-0.3, -0.25) is 9.59 Å². The zero-order valence-electron chi connectivity index (χ0n) is 15.8. The molecule has 1 fully saturated rings.